The molecule has 19 heavy (non-hydrogen) atoms. The van der Waals surface area contributed by atoms with Gasteiger partial charge in [-0.25, -0.2) is 4.98 Å². The molecule has 0 bridgehead atoms. The second-order valence-electron chi connectivity index (χ2n) is 5.39. The minimum Gasteiger partial charge on any atom is -0.385 e. The zero-order chi connectivity index (χ0) is 13.9. The molecule has 1 fully saturated rings. The molecule has 0 saturated heterocycles. The zero-order valence-corrected chi connectivity index (χ0v) is 11.9. The molecule has 1 saturated carbocycles. The molecule has 1 aromatic rings. The Morgan fingerprint density at radius 3 is 2.68 bits per heavy atom. The second kappa shape index (κ2) is 5.88. The number of aromatic nitrogens is 1. The van der Waals surface area contributed by atoms with Crippen LogP contribution in [-0.2, 0) is 4.74 Å². The highest BCUT2D eigenvalue weighted by molar-refractivity contribution is 5.46. The average molecular weight is 264 g/mol. The molecule has 0 amide bonds. The van der Waals surface area contributed by atoms with Crippen LogP contribution in [-0.4, -0.2) is 22.3 Å². The number of nitrogens with two attached hydrogens (primary N) is 1. The lowest BCUT2D eigenvalue weighted by atomic mass is 9.77. The van der Waals surface area contributed by atoms with Crippen molar-refractivity contribution >= 4 is 5.82 Å². The first kappa shape index (κ1) is 14.3. The Balaban J connectivity index is 2.36. The summed E-state index contributed by atoms with van der Waals surface area (Å²) in [5.74, 6) is 0.414. The molecule has 1 unspecified atom stereocenters. The number of anilines is 1. The van der Waals surface area contributed by atoms with Crippen LogP contribution in [0.25, 0.3) is 0 Å². The average Bonchev–Trinajstić information content (AvgIpc) is 2.40. The quantitative estimate of drug-likeness (QED) is 0.877. The third-order valence-corrected chi connectivity index (χ3v) is 4.14. The number of pyridine rings is 1. The van der Waals surface area contributed by atoms with E-state index in [0.29, 0.717) is 12.4 Å². The number of aliphatic hydroxyl groups is 1. The molecule has 0 spiro atoms. The fourth-order valence-electron chi connectivity index (χ4n) is 3.14. The highest BCUT2D eigenvalue weighted by Gasteiger charge is 2.42. The molecule has 106 valence electrons. The van der Waals surface area contributed by atoms with E-state index in [4.69, 9.17) is 10.5 Å². The number of nitrogens with zero attached hydrogens (tertiary/aromatic N) is 1. The lowest BCUT2D eigenvalue weighted by molar-refractivity contribution is -0.141. The van der Waals surface area contributed by atoms with Gasteiger partial charge < -0.3 is 15.6 Å². The smallest absolute Gasteiger partial charge is 0.129 e. The van der Waals surface area contributed by atoms with Gasteiger partial charge in [-0.3, -0.25) is 0 Å². The monoisotopic (exact) mass is 264 g/mol. The van der Waals surface area contributed by atoms with E-state index in [2.05, 4.69) is 4.98 Å². The van der Waals surface area contributed by atoms with Crippen LogP contribution in [0.15, 0.2) is 12.3 Å². The third-order valence-electron chi connectivity index (χ3n) is 4.14. The van der Waals surface area contributed by atoms with Gasteiger partial charge >= 0.3 is 0 Å². The summed E-state index contributed by atoms with van der Waals surface area (Å²) in [4.78, 5) is 4.11. The van der Waals surface area contributed by atoms with Gasteiger partial charge in [0.05, 0.1) is 5.60 Å². The maximum absolute atomic E-state index is 10.8. The Kier molecular flexibility index (Phi) is 4.42. The van der Waals surface area contributed by atoms with Crippen LogP contribution in [0.5, 0.6) is 0 Å². The van der Waals surface area contributed by atoms with Crippen molar-refractivity contribution in [1.29, 1.82) is 0 Å². The normalized spacial score (nSPS) is 20.2. The van der Waals surface area contributed by atoms with E-state index >= 15 is 0 Å². The van der Waals surface area contributed by atoms with Crippen molar-refractivity contribution in [2.45, 2.75) is 57.7 Å². The third kappa shape index (κ3) is 2.74. The molecule has 4 nitrogen and oxygen atoms in total. The lowest BCUT2D eigenvalue weighted by Crippen LogP contribution is -2.42. The van der Waals surface area contributed by atoms with Crippen LogP contribution in [0.1, 0.15) is 56.3 Å². The van der Waals surface area contributed by atoms with E-state index in [1.165, 1.54) is 6.42 Å². The van der Waals surface area contributed by atoms with Gasteiger partial charge in [0.2, 0.25) is 0 Å². The molecular weight excluding hydrogens is 240 g/mol. The van der Waals surface area contributed by atoms with Crippen molar-refractivity contribution < 1.29 is 9.84 Å². The molecule has 2 rings (SSSR count). The summed E-state index contributed by atoms with van der Waals surface area (Å²) in [5.41, 5.74) is 7.18. The van der Waals surface area contributed by atoms with Gasteiger partial charge in [-0.1, -0.05) is 19.3 Å². The summed E-state index contributed by atoms with van der Waals surface area (Å²) in [6, 6.07) is 1.89. The highest BCUT2D eigenvalue weighted by Crippen LogP contribution is 2.43. The van der Waals surface area contributed by atoms with Crippen LogP contribution >= 0.6 is 0 Å². The first-order chi connectivity index (χ1) is 9.10. The van der Waals surface area contributed by atoms with Crippen molar-refractivity contribution in [3.63, 3.8) is 0 Å². The Morgan fingerprint density at radius 2 is 2.11 bits per heavy atom. The minimum absolute atomic E-state index is 0.414. The van der Waals surface area contributed by atoms with E-state index in [-0.39, 0.29) is 0 Å². The molecule has 1 atom stereocenters. The molecular formula is C15H24N2O2. The summed E-state index contributed by atoms with van der Waals surface area (Å²) >= 11 is 0. The Bertz CT molecular complexity index is 402. The molecule has 0 aromatic carbocycles. The number of hydrogen-bond acceptors (Lipinski definition) is 4. The van der Waals surface area contributed by atoms with Gasteiger partial charge in [-0.2, -0.15) is 0 Å². The second-order valence-corrected chi connectivity index (χ2v) is 5.39. The summed E-state index contributed by atoms with van der Waals surface area (Å²) < 4.78 is 5.96. The lowest BCUT2D eigenvalue weighted by Gasteiger charge is -2.41. The van der Waals surface area contributed by atoms with Crippen LogP contribution in [0.2, 0.25) is 0 Å². The zero-order valence-electron chi connectivity index (χ0n) is 11.9. The van der Waals surface area contributed by atoms with Crippen LogP contribution in [0, 0.1) is 6.92 Å². The van der Waals surface area contributed by atoms with E-state index in [1.807, 2.05) is 19.9 Å². The molecule has 0 aliphatic heterocycles. The van der Waals surface area contributed by atoms with E-state index in [9.17, 15) is 5.11 Å². The maximum Gasteiger partial charge on any atom is 0.129 e. The van der Waals surface area contributed by atoms with Crippen LogP contribution in [0.3, 0.4) is 0 Å². The minimum atomic E-state index is -0.693. The Hall–Kier alpha value is -1.13. The summed E-state index contributed by atoms with van der Waals surface area (Å²) in [6.07, 6.45) is 6.15. The van der Waals surface area contributed by atoms with E-state index < -0.39 is 11.7 Å². The number of aliphatic hydroxyl groups excluding tert-OH is 1. The molecule has 4 heteroatoms. The van der Waals surface area contributed by atoms with Gasteiger partial charge in [0, 0.05) is 18.4 Å². The van der Waals surface area contributed by atoms with E-state index in [1.54, 1.807) is 6.20 Å². The predicted molar refractivity (Wildman–Crippen MR) is 75.8 cm³/mol. The van der Waals surface area contributed by atoms with Crippen molar-refractivity contribution in [3.05, 3.63) is 23.4 Å². The molecule has 1 aliphatic rings. The summed E-state index contributed by atoms with van der Waals surface area (Å²) in [5, 5.41) is 10.8. The number of aryl methyl sites for hydroxylation is 1. The Labute approximate surface area is 115 Å². The van der Waals surface area contributed by atoms with Crippen molar-refractivity contribution in [2.24, 2.45) is 0 Å². The number of hydrogen-bond donors (Lipinski definition) is 2. The topological polar surface area (TPSA) is 68.4 Å². The Morgan fingerprint density at radius 1 is 1.42 bits per heavy atom. The molecule has 0 radical (unpaired) electrons. The summed E-state index contributed by atoms with van der Waals surface area (Å²) in [7, 11) is 0. The van der Waals surface area contributed by atoms with Crippen molar-refractivity contribution in [1.82, 2.24) is 4.98 Å². The molecule has 1 heterocycles. The largest absolute Gasteiger partial charge is 0.385 e. The summed E-state index contributed by atoms with van der Waals surface area (Å²) in [6.45, 7) is 4.54. The molecule has 3 N–H and O–H groups in total. The fraction of sp³-hybridized carbons (Fsp3) is 0.667. The van der Waals surface area contributed by atoms with Crippen LogP contribution < -0.4 is 5.73 Å². The van der Waals surface area contributed by atoms with Gasteiger partial charge in [-0.05, 0) is 38.3 Å². The predicted octanol–water partition coefficient (Wildman–Crippen LogP) is 2.75. The maximum atomic E-state index is 10.8. The van der Waals surface area contributed by atoms with Gasteiger partial charge in [0.25, 0.3) is 0 Å². The number of nitrogen functional groups attached to an aromatic ring is 1. The van der Waals surface area contributed by atoms with Gasteiger partial charge in [0.1, 0.15) is 11.9 Å². The number of rotatable bonds is 4. The number of ether oxygens (including phenoxy) is 1. The first-order valence-corrected chi connectivity index (χ1v) is 7.14. The molecule has 1 aromatic heterocycles. The standard InChI is InChI=1S/C15H24N2O2/c1-3-19-15(8-5-4-6-9-15)13(18)12-11(2)7-10-17-14(12)16/h7,10,13,18H,3-6,8-9H2,1-2H3,(H2,16,17). The highest BCUT2D eigenvalue weighted by atomic mass is 16.5. The fourth-order valence-corrected chi connectivity index (χ4v) is 3.14. The van der Waals surface area contributed by atoms with Crippen LogP contribution in [0.4, 0.5) is 5.82 Å². The SMILES string of the molecule is CCOC1(C(O)c2c(C)ccnc2N)CCCCC1. The first-order valence-electron chi connectivity index (χ1n) is 7.14. The van der Waals surface area contributed by atoms with Gasteiger partial charge in [0.15, 0.2) is 0 Å². The van der Waals surface area contributed by atoms with Crippen molar-refractivity contribution in [2.75, 3.05) is 12.3 Å². The molecule has 1 aliphatic carbocycles. The van der Waals surface area contributed by atoms with E-state index in [0.717, 1.165) is 36.8 Å². The van der Waals surface area contributed by atoms with Gasteiger partial charge in [-0.15, -0.1) is 0 Å². The van der Waals surface area contributed by atoms with Crippen molar-refractivity contribution in [3.8, 4) is 0 Å².